The SMILES string of the molecule is CCc1cn(C(=O)c2ccccc2Br)c2c(C)cc(C)cc12. The minimum Gasteiger partial charge on any atom is -0.283 e. The van der Waals surface area contributed by atoms with E-state index in [0.717, 1.165) is 22.0 Å². The van der Waals surface area contributed by atoms with E-state index in [2.05, 4.69) is 48.8 Å². The van der Waals surface area contributed by atoms with Gasteiger partial charge in [0.05, 0.1) is 11.1 Å². The topological polar surface area (TPSA) is 22.0 Å². The Kier molecular flexibility index (Phi) is 3.92. The van der Waals surface area contributed by atoms with Gasteiger partial charge in [0, 0.05) is 16.1 Å². The van der Waals surface area contributed by atoms with Gasteiger partial charge in [0.15, 0.2) is 0 Å². The maximum atomic E-state index is 13.0. The number of benzene rings is 2. The molecule has 0 N–H and O–H groups in total. The molecule has 0 atom stereocenters. The molecular weight excluding hydrogens is 338 g/mol. The summed E-state index contributed by atoms with van der Waals surface area (Å²) >= 11 is 3.48. The van der Waals surface area contributed by atoms with Crippen LogP contribution in [-0.2, 0) is 6.42 Å². The largest absolute Gasteiger partial charge is 0.283 e. The fraction of sp³-hybridized carbons (Fsp3) is 0.211. The Morgan fingerprint density at radius 3 is 2.59 bits per heavy atom. The van der Waals surface area contributed by atoms with Gasteiger partial charge in [0.25, 0.3) is 5.91 Å². The summed E-state index contributed by atoms with van der Waals surface area (Å²) in [5.74, 6) is 0.00382. The van der Waals surface area contributed by atoms with E-state index in [0.29, 0.717) is 5.56 Å². The molecule has 22 heavy (non-hydrogen) atoms. The molecular formula is C19H18BrNO. The molecule has 0 fully saturated rings. The first-order valence-corrected chi connectivity index (χ1v) is 8.22. The lowest BCUT2D eigenvalue weighted by Gasteiger charge is -2.08. The van der Waals surface area contributed by atoms with E-state index in [9.17, 15) is 4.79 Å². The lowest BCUT2D eigenvalue weighted by molar-refractivity contribution is 0.0964. The number of nitrogens with zero attached hydrogens (tertiary/aromatic N) is 1. The first kappa shape index (κ1) is 15.0. The average Bonchev–Trinajstić information content (AvgIpc) is 2.86. The summed E-state index contributed by atoms with van der Waals surface area (Å²) in [5.41, 5.74) is 5.27. The Morgan fingerprint density at radius 1 is 1.18 bits per heavy atom. The highest BCUT2D eigenvalue weighted by Gasteiger charge is 2.18. The Morgan fingerprint density at radius 2 is 1.91 bits per heavy atom. The summed E-state index contributed by atoms with van der Waals surface area (Å²) in [6.45, 7) is 6.29. The normalized spacial score (nSPS) is 11.1. The third kappa shape index (κ3) is 2.40. The van der Waals surface area contributed by atoms with Crippen LogP contribution in [0.5, 0.6) is 0 Å². The van der Waals surface area contributed by atoms with E-state index in [4.69, 9.17) is 0 Å². The minimum atomic E-state index is 0.00382. The first-order chi connectivity index (χ1) is 10.5. The van der Waals surface area contributed by atoms with Crippen LogP contribution in [0.25, 0.3) is 10.9 Å². The zero-order valence-corrected chi connectivity index (χ0v) is 14.6. The van der Waals surface area contributed by atoms with Crippen LogP contribution in [0.1, 0.15) is 34.0 Å². The predicted molar refractivity (Wildman–Crippen MR) is 94.7 cm³/mol. The third-order valence-corrected chi connectivity index (χ3v) is 4.71. The Balaban J connectivity index is 2.28. The van der Waals surface area contributed by atoms with Crippen molar-refractivity contribution in [3.63, 3.8) is 0 Å². The van der Waals surface area contributed by atoms with Crippen molar-refractivity contribution in [2.24, 2.45) is 0 Å². The number of hydrogen-bond donors (Lipinski definition) is 0. The third-order valence-electron chi connectivity index (χ3n) is 4.02. The van der Waals surface area contributed by atoms with Crippen molar-refractivity contribution in [1.82, 2.24) is 4.57 Å². The molecule has 0 radical (unpaired) electrons. The molecule has 3 heteroatoms. The molecule has 0 unspecified atom stereocenters. The summed E-state index contributed by atoms with van der Waals surface area (Å²) in [6, 6.07) is 11.9. The highest BCUT2D eigenvalue weighted by Crippen LogP contribution is 2.28. The highest BCUT2D eigenvalue weighted by atomic mass is 79.9. The van der Waals surface area contributed by atoms with Gasteiger partial charge < -0.3 is 0 Å². The van der Waals surface area contributed by atoms with E-state index in [1.165, 1.54) is 16.5 Å². The van der Waals surface area contributed by atoms with Gasteiger partial charge in [-0.15, -0.1) is 0 Å². The van der Waals surface area contributed by atoms with Crippen LogP contribution in [0, 0.1) is 13.8 Å². The molecule has 1 heterocycles. The maximum absolute atomic E-state index is 13.0. The van der Waals surface area contributed by atoms with Gasteiger partial charge in [0.1, 0.15) is 0 Å². The van der Waals surface area contributed by atoms with E-state index in [1.807, 2.05) is 30.5 Å². The molecule has 3 aromatic rings. The van der Waals surface area contributed by atoms with Crippen molar-refractivity contribution in [3.8, 4) is 0 Å². The number of hydrogen-bond acceptors (Lipinski definition) is 1. The second-order valence-electron chi connectivity index (χ2n) is 5.64. The average molecular weight is 356 g/mol. The molecule has 2 aromatic carbocycles. The van der Waals surface area contributed by atoms with Crippen molar-refractivity contribution in [3.05, 3.63) is 69.3 Å². The van der Waals surface area contributed by atoms with Gasteiger partial charge in [-0.1, -0.05) is 30.7 Å². The molecule has 112 valence electrons. The fourth-order valence-electron chi connectivity index (χ4n) is 3.02. The molecule has 2 nitrogen and oxygen atoms in total. The second kappa shape index (κ2) is 5.73. The van der Waals surface area contributed by atoms with Gasteiger partial charge >= 0.3 is 0 Å². The van der Waals surface area contributed by atoms with Crippen LogP contribution in [0.3, 0.4) is 0 Å². The van der Waals surface area contributed by atoms with Crippen LogP contribution in [0.15, 0.2) is 47.1 Å². The molecule has 0 bridgehead atoms. The Labute approximate surface area is 138 Å². The highest BCUT2D eigenvalue weighted by molar-refractivity contribution is 9.10. The van der Waals surface area contributed by atoms with Gasteiger partial charge in [0.2, 0.25) is 0 Å². The number of aromatic nitrogens is 1. The van der Waals surface area contributed by atoms with Crippen molar-refractivity contribution in [2.75, 3.05) is 0 Å². The van der Waals surface area contributed by atoms with Gasteiger partial charge in [-0.05, 0) is 65.5 Å². The van der Waals surface area contributed by atoms with Crippen LogP contribution in [0.4, 0.5) is 0 Å². The molecule has 0 spiro atoms. The van der Waals surface area contributed by atoms with Gasteiger partial charge in [-0.3, -0.25) is 9.36 Å². The lowest BCUT2D eigenvalue weighted by atomic mass is 10.0. The summed E-state index contributed by atoms with van der Waals surface area (Å²) in [6.07, 6.45) is 2.90. The standard InChI is InChI=1S/C19H18BrNO/c1-4-14-11-21(18-13(3)9-12(2)10-16(14)18)19(22)15-7-5-6-8-17(15)20/h5-11H,4H2,1-3H3. The number of carbonyl (C=O) groups is 1. The molecule has 0 saturated carbocycles. The minimum absolute atomic E-state index is 0.00382. The number of aryl methyl sites for hydroxylation is 3. The van der Waals surface area contributed by atoms with Gasteiger partial charge in [-0.2, -0.15) is 0 Å². The van der Waals surface area contributed by atoms with Crippen molar-refractivity contribution in [1.29, 1.82) is 0 Å². The predicted octanol–water partition coefficient (Wildman–Crippen LogP) is 5.27. The summed E-state index contributed by atoms with van der Waals surface area (Å²) < 4.78 is 2.62. The quantitative estimate of drug-likeness (QED) is 0.613. The second-order valence-corrected chi connectivity index (χ2v) is 6.50. The van der Waals surface area contributed by atoms with Gasteiger partial charge in [-0.25, -0.2) is 0 Å². The molecule has 0 aliphatic heterocycles. The molecule has 0 amide bonds. The molecule has 0 saturated heterocycles. The first-order valence-electron chi connectivity index (χ1n) is 7.43. The summed E-state index contributed by atoms with van der Waals surface area (Å²) in [5, 5.41) is 1.18. The summed E-state index contributed by atoms with van der Waals surface area (Å²) in [7, 11) is 0. The molecule has 1 aromatic heterocycles. The van der Waals surface area contributed by atoms with E-state index in [1.54, 1.807) is 4.57 Å². The smallest absolute Gasteiger partial charge is 0.263 e. The summed E-state index contributed by atoms with van der Waals surface area (Å²) in [4.78, 5) is 13.0. The van der Waals surface area contributed by atoms with Crippen LogP contribution < -0.4 is 0 Å². The monoisotopic (exact) mass is 355 g/mol. The van der Waals surface area contributed by atoms with Crippen molar-refractivity contribution >= 4 is 32.7 Å². The van der Waals surface area contributed by atoms with E-state index >= 15 is 0 Å². The van der Waals surface area contributed by atoms with Crippen LogP contribution in [-0.4, -0.2) is 10.5 Å². The van der Waals surface area contributed by atoms with Crippen LogP contribution >= 0.6 is 15.9 Å². The molecule has 3 rings (SSSR count). The van der Waals surface area contributed by atoms with E-state index < -0.39 is 0 Å². The number of halogens is 1. The number of fused-ring (bicyclic) bond motifs is 1. The zero-order chi connectivity index (χ0) is 15.9. The lowest BCUT2D eigenvalue weighted by Crippen LogP contribution is -2.12. The van der Waals surface area contributed by atoms with Crippen LogP contribution in [0.2, 0.25) is 0 Å². The molecule has 0 aliphatic carbocycles. The number of rotatable bonds is 2. The number of carbonyl (C=O) groups excluding carboxylic acids is 1. The Bertz CT molecular complexity index is 877. The Hall–Kier alpha value is -1.87. The van der Waals surface area contributed by atoms with E-state index in [-0.39, 0.29) is 5.91 Å². The zero-order valence-electron chi connectivity index (χ0n) is 13.0. The fourth-order valence-corrected chi connectivity index (χ4v) is 3.48. The van der Waals surface area contributed by atoms with Crippen molar-refractivity contribution < 1.29 is 4.79 Å². The molecule has 0 aliphatic rings. The van der Waals surface area contributed by atoms with Crippen molar-refractivity contribution in [2.45, 2.75) is 27.2 Å². The maximum Gasteiger partial charge on any atom is 0.263 e.